The van der Waals surface area contributed by atoms with Gasteiger partial charge in [-0.05, 0) is 19.1 Å². The van der Waals surface area contributed by atoms with E-state index in [4.69, 9.17) is 30.1 Å². The van der Waals surface area contributed by atoms with Crippen molar-refractivity contribution in [1.29, 1.82) is 0 Å². The van der Waals surface area contributed by atoms with E-state index in [9.17, 15) is 24.1 Å². The summed E-state index contributed by atoms with van der Waals surface area (Å²) in [5.74, 6) is -0.497. The minimum atomic E-state index is -4.10. The molecule has 1 fully saturated rings. The van der Waals surface area contributed by atoms with E-state index in [2.05, 4.69) is 10.1 Å². The Labute approximate surface area is 219 Å². The Morgan fingerprint density at radius 3 is 2.59 bits per heavy atom. The number of halogens is 1. The van der Waals surface area contributed by atoms with Crippen molar-refractivity contribution >= 4 is 33.2 Å². The fourth-order valence-corrected chi connectivity index (χ4v) is 5.36. The summed E-state index contributed by atoms with van der Waals surface area (Å²) in [5.41, 5.74) is -1.38. The molecule has 12 nitrogen and oxygen atoms in total. The van der Waals surface area contributed by atoms with Crippen LogP contribution in [-0.4, -0.2) is 64.7 Å². The minimum absolute atomic E-state index is 0.0952. The van der Waals surface area contributed by atoms with Gasteiger partial charge in [-0.15, -0.1) is 11.6 Å². The topological polar surface area (TPSA) is 158 Å². The lowest BCUT2D eigenvalue weighted by Gasteiger charge is -2.27. The largest absolute Gasteiger partial charge is 0.464 e. The Bertz CT molecular complexity index is 1240. The molecule has 0 saturated carbocycles. The maximum atomic E-state index is 13.7. The van der Waals surface area contributed by atoms with Gasteiger partial charge in [0.2, 0.25) is 0 Å². The second-order valence-corrected chi connectivity index (χ2v) is 11.7. The first-order valence-corrected chi connectivity index (χ1v) is 13.5. The van der Waals surface area contributed by atoms with Crippen LogP contribution in [0.4, 0.5) is 0 Å². The van der Waals surface area contributed by atoms with Gasteiger partial charge in [-0.2, -0.15) is 0 Å². The van der Waals surface area contributed by atoms with Gasteiger partial charge in [0.25, 0.3) is 5.56 Å². The number of alkyl halides is 1. The number of para-hydroxylation sites is 1. The highest BCUT2D eigenvalue weighted by Crippen LogP contribution is 2.47. The van der Waals surface area contributed by atoms with Crippen molar-refractivity contribution in [2.24, 2.45) is 5.92 Å². The van der Waals surface area contributed by atoms with E-state index >= 15 is 0 Å². The second kappa shape index (κ2) is 12.0. The van der Waals surface area contributed by atoms with Crippen LogP contribution in [0.15, 0.2) is 52.2 Å². The van der Waals surface area contributed by atoms with Crippen LogP contribution in [0.5, 0.6) is 5.75 Å². The second-order valence-electron chi connectivity index (χ2n) is 9.15. The van der Waals surface area contributed by atoms with E-state index in [0.717, 1.165) is 10.6 Å². The van der Waals surface area contributed by atoms with Gasteiger partial charge >= 0.3 is 19.4 Å². The first-order valence-electron chi connectivity index (χ1n) is 11.6. The molecule has 0 spiro atoms. The fraction of sp³-hybridized carbons (Fsp3) is 0.500. The highest BCUT2D eigenvalue weighted by atomic mass is 35.5. The van der Waals surface area contributed by atoms with Gasteiger partial charge < -0.3 is 19.1 Å². The molecule has 3 N–H and O–H groups in total. The van der Waals surface area contributed by atoms with E-state index < -0.39 is 60.8 Å². The fourth-order valence-electron chi connectivity index (χ4n) is 3.53. The number of nitrogens with zero attached hydrogens (tertiary/aromatic N) is 1. The summed E-state index contributed by atoms with van der Waals surface area (Å²) in [6, 6.07) is 8.77. The van der Waals surface area contributed by atoms with Crippen LogP contribution in [0.1, 0.15) is 27.0 Å². The van der Waals surface area contributed by atoms with Crippen LogP contribution in [0.2, 0.25) is 0 Å². The summed E-state index contributed by atoms with van der Waals surface area (Å²) in [6.45, 7) is 4.49. The van der Waals surface area contributed by atoms with Gasteiger partial charge in [-0.25, -0.2) is 14.4 Å². The number of carbonyl (C=O) groups excluding carboxylic acids is 1. The Hall–Kier alpha value is -2.41. The average molecular weight is 558 g/mol. The number of aliphatic hydroxyl groups is 1. The molecule has 1 aliphatic heterocycles. The van der Waals surface area contributed by atoms with E-state index in [0.29, 0.717) is 0 Å². The lowest BCUT2D eigenvalue weighted by Crippen LogP contribution is -2.45. The zero-order chi connectivity index (χ0) is 27.4. The first-order chi connectivity index (χ1) is 17.3. The van der Waals surface area contributed by atoms with E-state index in [1.165, 1.54) is 14.0 Å². The SMILES string of the molecule is B[C@]1(Cl)[C@H](O)[C@@H](CO[P@@](=O)(N[C@@H](C)COC(=O)C(C)C)Oc2ccccc2)O[C@H]1n1ccc(=O)[nH]c1=O. The van der Waals surface area contributed by atoms with Crippen molar-refractivity contribution in [3.63, 3.8) is 0 Å². The molecule has 6 atom stereocenters. The average Bonchev–Trinajstić information content (AvgIpc) is 3.05. The Morgan fingerprint density at radius 1 is 1.30 bits per heavy atom. The number of H-pyrrole nitrogens is 1. The molecule has 2 heterocycles. The van der Waals surface area contributed by atoms with E-state index in [-0.39, 0.29) is 18.3 Å². The summed E-state index contributed by atoms with van der Waals surface area (Å²) in [4.78, 5) is 37.6. The highest BCUT2D eigenvalue weighted by Gasteiger charge is 2.53. The predicted molar refractivity (Wildman–Crippen MR) is 137 cm³/mol. The monoisotopic (exact) mass is 557 g/mol. The number of esters is 1. The van der Waals surface area contributed by atoms with Gasteiger partial charge in [-0.1, -0.05) is 32.0 Å². The molecule has 0 amide bonds. The van der Waals surface area contributed by atoms with Crippen molar-refractivity contribution in [3.05, 3.63) is 63.4 Å². The predicted octanol–water partition coefficient (Wildman–Crippen LogP) is 0.744. The highest BCUT2D eigenvalue weighted by molar-refractivity contribution is 7.52. The molecule has 15 heteroatoms. The lowest BCUT2D eigenvalue weighted by atomic mass is 9.79. The Morgan fingerprint density at radius 2 is 1.97 bits per heavy atom. The molecular weight excluding hydrogens is 527 g/mol. The third-order valence-corrected chi connectivity index (χ3v) is 7.63. The number of aliphatic hydroxyl groups excluding tert-OH is 1. The van der Waals surface area contributed by atoms with Crippen molar-refractivity contribution in [3.8, 4) is 5.75 Å². The quantitative estimate of drug-likeness (QED) is 0.156. The maximum absolute atomic E-state index is 13.7. The number of rotatable bonds is 11. The molecular formula is C22H30BClN3O9P. The zero-order valence-corrected chi connectivity index (χ0v) is 22.5. The third kappa shape index (κ3) is 7.34. The van der Waals surface area contributed by atoms with Gasteiger partial charge in [0.1, 0.15) is 26.3 Å². The van der Waals surface area contributed by atoms with Crippen molar-refractivity contribution in [1.82, 2.24) is 14.6 Å². The van der Waals surface area contributed by atoms with E-state index in [1.807, 2.05) is 0 Å². The van der Waals surface area contributed by atoms with Crippen LogP contribution < -0.4 is 20.9 Å². The summed E-state index contributed by atoms with van der Waals surface area (Å²) < 4.78 is 35.5. The van der Waals surface area contributed by atoms with Gasteiger partial charge in [-0.3, -0.25) is 23.7 Å². The molecule has 0 aliphatic carbocycles. The molecule has 3 rings (SSSR count). The molecule has 1 aromatic heterocycles. The first kappa shape index (κ1) is 29.2. The Kier molecular flexibility index (Phi) is 9.44. The van der Waals surface area contributed by atoms with E-state index in [1.54, 1.807) is 51.1 Å². The summed E-state index contributed by atoms with van der Waals surface area (Å²) >= 11 is 6.54. The number of benzene rings is 1. The van der Waals surface area contributed by atoms with Gasteiger partial charge in [0.05, 0.1) is 23.4 Å². The molecule has 0 unspecified atom stereocenters. The molecule has 202 valence electrons. The van der Waals surface area contributed by atoms with Gasteiger partial charge in [0.15, 0.2) is 6.23 Å². The van der Waals surface area contributed by atoms with Crippen molar-refractivity contribution < 1.29 is 33.0 Å². The van der Waals surface area contributed by atoms with Crippen LogP contribution in [0.25, 0.3) is 0 Å². The number of hydrogen-bond donors (Lipinski definition) is 3. The maximum Gasteiger partial charge on any atom is 0.459 e. The normalized spacial score (nSPS) is 25.9. The van der Waals surface area contributed by atoms with Crippen molar-refractivity contribution in [2.75, 3.05) is 13.2 Å². The number of aromatic amines is 1. The molecule has 0 radical (unpaired) electrons. The lowest BCUT2D eigenvalue weighted by molar-refractivity contribution is -0.147. The summed E-state index contributed by atoms with van der Waals surface area (Å²) in [6.07, 6.45) is -2.44. The van der Waals surface area contributed by atoms with Crippen LogP contribution in [0, 0.1) is 5.92 Å². The number of ether oxygens (including phenoxy) is 2. The molecule has 37 heavy (non-hydrogen) atoms. The Balaban J connectivity index is 1.75. The molecule has 2 aromatic rings. The molecule has 1 aromatic carbocycles. The standard InChI is InChI=1S/C22H30BClN3O9P/c1-13(2)19(30)33-11-14(3)26-37(32,36-15-7-5-4-6-8-15)34-12-16-18(29)22(23,24)20(35-16)27-10-9-17(28)25-21(27)31/h4-10,13-14,16,18,20,29H,11-12,23H2,1-3H3,(H,26,32)(H,25,28,31)/t14-,16+,18+,20+,22-,37-/m0/s1. The number of nitrogens with one attached hydrogen (secondary N) is 2. The number of hydrogen-bond acceptors (Lipinski definition) is 9. The summed E-state index contributed by atoms with van der Waals surface area (Å²) in [7, 11) is -2.64. The zero-order valence-electron chi connectivity index (χ0n) is 20.8. The van der Waals surface area contributed by atoms with Crippen molar-refractivity contribution in [2.45, 2.75) is 50.0 Å². The molecule has 1 saturated heterocycles. The molecule has 1 aliphatic rings. The van der Waals surface area contributed by atoms with Crippen LogP contribution >= 0.6 is 19.3 Å². The number of carbonyl (C=O) groups is 1. The third-order valence-electron chi connectivity index (χ3n) is 5.52. The minimum Gasteiger partial charge on any atom is -0.464 e. The summed E-state index contributed by atoms with van der Waals surface area (Å²) in [5, 5.41) is 13.5. The smallest absolute Gasteiger partial charge is 0.459 e. The van der Waals surface area contributed by atoms with Crippen LogP contribution in [0.3, 0.4) is 0 Å². The molecule has 0 bridgehead atoms. The number of aromatic nitrogens is 2. The van der Waals surface area contributed by atoms with Gasteiger partial charge in [0, 0.05) is 18.3 Å². The van der Waals surface area contributed by atoms with Crippen LogP contribution in [-0.2, 0) is 23.4 Å².